The van der Waals surface area contributed by atoms with Gasteiger partial charge in [-0.1, -0.05) is 12.1 Å². The number of hydrogen-bond acceptors (Lipinski definition) is 20. The number of aromatic hydroxyl groups is 1. The first-order valence-electron chi connectivity index (χ1n) is 27.1. The molecule has 1 aliphatic carbocycles. The molecule has 8 aliphatic rings. The van der Waals surface area contributed by atoms with E-state index in [4.69, 9.17) is 37.9 Å². The van der Waals surface area contributed by atoms with Crippen LogP contribution in [0, 0.1) is 43.4 Å². The molecule has 7 aliphatic heterocycles. The van der Waals surface area contributed by atoms with Crippen LogP contribution in [0.3, 0.4) is 0 Å². The molecule has 2 saturated heterocycles. The minimum atomic E-state index is -0.787. The van der Waals surface area contributed by atoms with Crippen LogP contribution in [0.15, 0.2) is 34.6 Å². The standard InChI is InChI=1S/C30H36N4O7.C29H34N4O7/c1-14-7-17-8-19-21(10-31)34-20(25(33(19)4)23(17)29(27(14)38-6)39-12-37-5)9-18-24(22(34)11-32-16(3)35)30-28(40-13-41-30)15(2)26(18)36;1-13-7-16-8-18-20(10-30)33-19(24(32(18)4)22(16)29(28(13)39-6)40-12-38-5)9-17-23(21(33)11-31-15(3)34)27(37)26(36)14(2)25(17)35/h7,19-22,25,36H,8-9,11-13H2,1-6H3,(H,32,35);7,18-21,24,35H,8-9,11-12H2,1-6H3,(H,31,34)/t19-,20?,21-,22-,25-;18-,19?,20-,21-,24-/m00/s1. The zero-order valence-corrected chi connectivity index (χ0v) is 47.8. The van der Waals surface area contributed by atoms with Crippen LogP contribution >= 0.6 is 0 Å². The number of carbonyl (C=O) groups excluding carboxylic acids is 4. The number of phenolic OH excluding ortho intramolecular Hbond substituents is 1. The summed E-state index contributed by atoms with van der Waals surface area (Å²) in [6, 6.07) is 5.36. The van der Waals surface area contributed by atoms with Gasteiger partial charge in [0.05, 0.1) is 50.5 Å². The number of aliphatic hydroxyl groups excluding tert-OH is 1. The second kappa shape index (κ2) is 22.1. The Labute approximate surface area is 470 Å². The van der Waals surface area contributed by atoms with Crippen molar-refractivity contribution < 1.29 is 67.3 Å². The first-order valence-corrected chi connectivity index (χ1v) is 27.1. The number of fused-ring (bicyclic) bond motifs is 15. The van der Waals surface area contributed by atoms with Crippen LogP contribution in [-0.4, -0.2) is 171 Å². The number of Topliss-reactive ketones (excluding diaryl/α,β-unsaturated/α-hetero) is 2. The van der Waals surface area contributed by atoms with Crippen LogP contribution in [0.4, 0.5) is 0 Å². The van der Waals surface area contributed by atoms with Crippen molar-refractivity contribution in [3.05, 3.63) is 84.7 Å². The topological polar surface area (TPSA) is 267 Å². The molecule has 4 N–H and O–H groups in total. The van der Waals surface area contributed by atoms with E-state index in [0.29, 0.717) is 64.9 Å². The molecule has 0 aromatic heterocycles. The Morgan fingerprint density at radius 2 is 1.15 bits per heavy atom. The van der Waals surface area contributed by atoms with Crippen LogP contribution in [0.1, 0.15) is 95.4 Å². The van der Waals surface area contributed by atoms with Crippen molar-refractivity contribution in [1.29, 1.82) is 10.5 Å². The number of benzene rings is 3. The lowest BCUT2D eigenvalue weighted by molar-refractivity contribution is -0.134. The van der Waals surface area contributed by atoms with Gasteiger partial charge in [-0.05, 0) is 89.7 Å². The fraction of sp³-hybridized carbons (Fsp3) is 0.525. The molecule has 7 heterocycles. The Balaban J connectivity index is 0.000000182. The monoisotopic (exact) mass is 1110 g/mol. The first-order chi connectivity index (χ1) is 38.8. The van der Waals surface area contributed by atoms with Crippen LogP contribution in [0.2, 0.25) is 0 Å². The van der Waals surface area contributed by atoms with Gasteiger partial charge in [-0.2, -0.15) is 10.5 Å². The van der Waals surface area contributed by atoms with Crippen molar-refractivity contribution in [3.63, 3.8) is 0 Å². The number of nitrogens with zero attached hydrogens (tertiary/aromatic N) is 6. The molecule has 0 saturated carbocycles. The van der Waals surface area contributed by atoms with E-state index < -0.39 is 41.8 Å². The van der Waals surface area contributed by atoms with E-state index in [2.05, 4.69) is 56.7 Å². The van der Waals surface area contributed by atoms with Gasteiger partial charge in [0.2, 0.25) is 30.2 Å². The molecule has 10 atom stereocenters. The number of aliphatic hydroxyl groups is 1. The highest BCUT2D eigenvalue weighted by Crippen LogP contribution is 2.59. The Kier molecular flexibility index (Phi) is 15.5. The van der Waals surface area contributed by atoms with Crippen molar-refractivity contribution in [2.45, 2.75) is 128 Å². The lowest BCUT2D eigenvalue weighted by Gasteiger charge is -2.60. The van der Waals surface area contributed by atoms with Gasteiger partial charge in [0.15, 0.2) is 48.1 Å². The van der Waals surface area contributed by atoms with E-state index in [1.165, 1.54) is 27.9 Å². The summed E-state index contributed by atoms with van der Waals surface area (Å²) in [4.78, 5) is 59.0. The molecule has 2 fully saturated rings. The van der Waals surface area contributed by atoms with Crippen molar-refractivity contribution in [2.24, 2.45) is 0 Å². The van der Waals surface area contributed by atoms with Gasteiger partial charge in [-0.3, -0.25) is 38.8 Å². The van der Waals surface area contributed by atoms with Gasteiger partial charge in [0.25, 0.3) is 0 Å². The van der Waals surface area contributed by atoms with Crippen molar-refractivity contribution >= 4 is 23.4 Å². The van der Waals surface area contributed by atoms with Crippen LogP contribution in [-0.2, 0) is 47.9 Å². The number of ketones is 2. The predicted octanol–water partition coefficient (Wildman–Crippen LogP) is 4.29. The lowest BCUT2D eigenvalue weighted by atomic mass is 9.70. The number of amides is 2. The molecule has 81 heavy (non-hydrogen) atoms. The van der Waals surface area contributed by atoms with Gasteiger partial charge in [0, 0.05) is 110 Å². The molecule has 11 rings (SSSR count). The summed E-state index contributed by atoms with van der Waals surface area (Å²) in [7, 11) is 10.4. The smallest absolute Gasteiger partial charge is 0.232 e. The van der Waals surface area contributed by atoms with E-state index in [0.717, 1.165) is 44.5 Å². The summed E-state index contributed by atoms with van der Waals surface area (Å²) in [6.45, 7) is 10.4. The maximum absolute atomic E-state index is 13.4. The SMILES string of the molecule is COCOc1c(OC)c(C)cc2c1[C@@H]1C3CC4=C(C(=O)C(=O)C(C)=C4O)[C@H](CNC(C)=O)N3[C@@H](C#N)[C@H](C2)N1C.COCOc1c(OC)c(C)cc2c1[C@@H]1C3Cc4c(O)c(C)c5c(c4[C@H](CNC(C)=O)N3[C@@H](C#N)[C@H](C2)N1C)OCO5. The largest absolute Gasteiger partial charge is 0.507 e. The molecule has 22 nitrogen and oxygen atoms in total. The molecule has 4 bridgehead atoms. The number of carbonyl (C=O) groups is 4. The minimum Gasteiger partial charge on any atom is -0.507 e. The third-order valence-electron chi connectivity index (χ3n) is 17.9. The zero-order valence-electron chi connectivity index (χ0n) is 47.8. The van der Waals surface area contributed by atoms with Crippen LogP contribution in [0.25, 0.3) is 0 Å². The van der Waals surface area contributed by atoms with Gasteiger partial charge in [-0.25, -0.2) is 0 Å². The van der Waals surface area contributed by atoms with E-state index in [1.54, 1.807) is 21.3 Å². The van der Waals surface area contributed by atoms with Crippen molar-refractivity contribution in [1.82, 2.24) is 30.2 Å². The highest BCUT2D eigenvalue weighted by atomic mass is 16.7. The van der Waals surface area contributed by atoms with E-state index in [1.807, 2.05) is 32.7 Å². The highest BCUT2D eigenvalue weighted by Gasteiger charge is 2.59. The summed E-state index contributed by atoms with van der Waals surface area (Å²) in [5.41, 5.74) is 8.54. The van der Waals surface area contributed by atoms with Crippen molar-refractivity contribution in [3.8, 4) is 52.4 Å². The quantitative estimate of drug-likeness (QED) is 0.112. The fourth-order valence-corrected chi connectivity index (χ4v) is 14.6. The van der Waals surface area contributed by atoms with Crippen molar-refractivity contribution in [2.75, 3.05) is 76.0 Å². The van der Waals surface area contributed by atoms with Crippen LogP contribution < -0.4 is 39.1 Å². The highest BCUT2D eigenvalue weighted by molar-refractivity contribution is 6.50. The molecule has 0 radical (unpaired) electrons. The minimum absolute atomic E-state index is 0.000180. The molecule has 2 unspecified atom stereocenters. The maximum atomic E-state index is 13.4. The molecule has 430 valence electrons. The number of likely N-dealkylation sites (N-methyl/N-ethyl adjacent to an activating group) is 2. The number of piperazine rings is 2. The number of allylic oxidation sites excluding steroid dienone is 2. The summed E-state index contributed by atoms with van der Waals surface area (Å²) >= 11 is 0. The Bertz CT molecular complexity index is 3290. The third-order valence-corrected chi connectivity index (χ3v) is 17.9. The molecule has 3 aromatic rings. The van der Waals surface area contributed by atoms with E-state index >= 15 is 0 Å². The van der Waals surface area contributed by atoms with E-state index in [-0.39, 0.29) is 105 Å². The Morgan fingerprint density at radius 3 is 1.63 bits per heavy atom. The first kappa shape index (κ1) is 56.8. The Morgan fingerprint density at radius 1 is 0.667 bits per heavy atom. The summed E-state index contributed by atoms with van der Waals surface area (Å²) in [5.74, 6) is 1.48. The summed E-state index contributed by atoms with van der Waals surface area (Å²) in [6.07, 6.45) is 1.84. The molecular formula is C59H70N8O14. The number of aryl methyl sites for hydroxylation is 2. The van der Waals surface area contributed by atoms with Gasteiger partial charge in [-0.15, -0.1) is 0 Å². The van der Waals surface area contributed by atoms with E-state index in [9.17, 15) is 39.9 Å². The number of rotatable bonds is 12. The Hall–Kier alpha value is -7.44. The normalized spacial score (nSPS) is 26.9. The maximum Gasteiger partial charge on any atom is 0.232 e. The average Bonchev–Trinajstić information content (AvgIpc) is 4.05. The number of nitrogens with one attached hydrogen (secondary N) is 2. The molecular weight excluding hydrogens is 1040 g/mol. The zero-order chi connectivity index (χ0) is 58.2. The third kappa shape index (κ3) is 8.98. The second-order valence-corrected chi connectivity index (χ2v) is 22.1. The predicted molar refractivity (Wildman–Crippen MR) is 290 cm³/mol. The van der Waals surface area contributed by atoms with Gasteiger partial charge >= 0.3 is 0 Å². The second-order valence-electron chi connectivity index (χ2n) is 22.1. The number of phenols is 1. The molecule has 22 heteroatoms. The number of ether oxygens (including phenoxy) is 8. The molecule has 3 aromatic carbocycles. The van der Waals surface area contributed by atoms with Gasteiger partial charge in [0.1, 0.15) is 23.6 Å². The summed E-state index contributed by atoms with van der Waals surface area (Å²) < 4.78 is 46.2. The number of hydrogen-bond donors (Lipinski definition) is 4. The average molecular weight is 1120 g/mol. The molecule has 0 spiro atoms. The fourth-order valence-electron chi connectivity index (χ4n) is 14.6. The van der Waals surface area contributed by atoms with Gasteiger partial charge < -0.3 is 58.7 Å². The lowest BCUT2D eigenvalue weighted by Crippen LogP contribution is -2.71. The summed E-state index contributed by atoms with van der Waals surface area (Å²) in [5, 5.41) is 49.6. The van der Waals surface area contributed by atoms with Crippen LogP contribution in [0.5, 0.6) is 40.2 Å². The molecule has 2 amide bonds. The number of nitriles is 2. The number of methoxy groups -OCH3 is 4.